The maximum atomic E-state index is 12.3. The Morgan fingerprint density at radius 3 is 2.81 bits per heavy atom. The molecule has 26 heavy (non-hydrogen) atoms. The number of nitrogens with zero attached hydrogens (tertiary/aromatic N) is 3. The number of aromatic nitrogens is 3. The van der Waals surface area contributed by atoms with Crippen molar-refractivity contribution in [3.63, 3.8) is 0 Å². The molecule has 0 radical (unpaired) electrons. The summed E-state index contributed by atoms with van der Waals surface area (Å²) >= 11 is 13.0. The number of aryl methyl sites for hydroxylation is 1. The lowest BCUT2D eigenvalue weighted by molar-refractivity contribution is -0.115. The molecule has 3 rings (SSSR count). The normalized spacial score (nSPS) is 12.0. The fraction of sp³-hybridized carbons (Fsp3) is 0.176. The molecule has 0 aliphatic heterocycles. The average molecular weight is 409 g/mol. The molecule has 0 unspecified atom stereocenters. The van der Waals surface area contributed by atoms with Crippen LogP contribution in [-0.4, -0.2) is 26.3 Å². The van der Waals surface area contributed by atoms with E-state index in [4.69, 9.17) is 27.6 Å². The first-order chi connectivity index (χ1) is 12.4. The average Bonchev–Trinajstić information content (AvgIpc) is 3.06. The summed E-state index contributed by atoms with van der Waals surface area (Å²) in [5.74, 6) is 0.368. The maximum absolute atomic E-state index is 12.3. The highest BCUT2D eigenvalue weighted by molar-refractivity contribution is 8.00. The zero-order valence-electron chi connectivity index (χ0n) is 13.9. The molecule has 2 heterocycles. The van der Waals surface area contributed by atoms with Crippen LogP contribution in [0.25, 0.3) is 11.5 Å². The van der Waals surface area contributed by atoms with Crippen molar-refractivity contribution in [3.05, 3.63) is 52.1 Å². The summed E-state index contributed by atoms with van der Waals surface area (Å²) in [7, 11) is 0. The Morgan fingerprint density at radius 1 is 1.27 bits per heavy atom. The summed E-state index contributed by atoms with van der Waals surface area (Å²) in [6.07, 6.45) is 1.41. The SMILES string of the molecule is Cc1cccc(-c2nnc(S[C@@H](C)C(=O)Nc3ncc(Cl)cc3Cl)o2)c1. The lowest BCUT2D eigenvalue weighted by Crippen LogP contribution is -2.23. The van der Waals surface area contributed by atoms with Crippen molar-refractivity contribution in [3.8, 4) is 11.5 Å². The molecule has 1 amide bonds. The summed E-state index contributed by atoms with van der Waals surface area (Å²) in [6, 6.07) is 9.25. The minimum absolute atomic E-state index is 0.250. The van der Waals surface area contributed by atoms with Crippen LogP contribution in [0, 0.1) is 6.92 Å². The molecule has 2 aromatic heterocycles. The molecule has 0 spiro atoms. The Balaban J connectivity index is 1.66. The Labute approximate surface area is 164 Å². The van der Waals surface area contributed by atoms with Crippen molar-refractivity contribution in [2.45, 2.75) is 24.3 Å². The fourth-order valence-corrected chi connectivity index (χ4v) is 3.19. The van der Waals surface area contributed by atoms with Gasteiger partial charge in [0.2, 0.25) is 11.8 Å². The van der Waals surface area contributed by atoms with Crippen molar-refractivity contribution in [2.75, 3.05) is 5.32 Å². The molecular weight excluding hydrogens is 395 g/mol. The molecule has 0 aliphatic rings. The number of nitrogens with one attached hydrogen (secondary N) is 1. The van der Waals surface area contributed by atoms with Crippen LogP contribution in [0.2, 0.25) is 10.0 Å². The lowest BCUT2D eigenvalue weighted by atomic mass is 10.1. The van der Waals surface area contributed by atoms with Crippen molar-refractivity contribution in [1.82, 2.24) is 15.2 Å². The molecule has 0 aliphatic carbocycles. The number of pyridine rings is 1. The van der Waals surface area contributed by atoms with E-state index in [1.54, 1.807) is 6.92 Å². The predicted octanol–water partition coefficient (Wildman–Crippen LogP) is 4.87. The first-order valence-electron chi connectivity index (χ1n) is 7.61. The molecule has 0 bridgehead atoms. The van der Waals surface area contributed by atoms with Gasteiger partial charge in [0.05, 0.1) is 15.3 Å². The first kappa shape index (κ1) is 18.7. The van der Waals surface area contributed by atoms with Gasteiger partial charge in [0.15, 0.2) is 5.82 Å². The number of amides is 1. The van der Waals surface area contributed by atoms with Gasteiger partial charge in [-0.25, -0.2) is 4.98 Å². The van der Waals surface area contributed by atoms with Gasteiger partial charge < -0.3 is 9.73 Å². The van der Waals surface area contributed by atoms with Crippen LogP contribution in [0.15, 0.2) is 46.2 Å². The number of halogens is 2. The first-order valence-corrected chi connectivity index (χ1v) is 9.25. The van der Waals surface area contributed by atoms with Gasteiger partial charge in [-0.3, -0.25) is 4.79 Å². The molecular formula is C17H14Cl2N4O2S. The third kappa shape index (κ3) is 4.55. The topological polar surface area (TPSA) is 80.9 Å². The van der Waals surface area contributed by atoms with E-state index in [0.717, 1.165) is 22.9 Å². The van der Waals surface area contributed by atoms with Gasteiger partial charge in [-0.05, 0) is 32.0 Å². The summed E-state index contributed by atoms with van der Waals surface area (Å²) in [6.45, 7) is 3.71. The van der Waals surface area contributed by atoms with Crippen molar-refractivity contribution >= 4 is 46.7 Å². The van der Waals surface area contributed by atoms with E-state index < -0.39 is 5.25 Å². The van der Waals surface area contributed by atoms with Crippen molar-refractivity contribution in [2.24, 2.45) is 0 Å². The van der Waals surface area contributed by atoms with E-state index in [-0.39, 0.29) is 16.7 Å². The minimum atomic E-state index is -0.491. The third-order valence-corrected chi connectivity index (χ3v) is 4.80. The highest BCUT2D eigenvalue weighted by Crippen LogP contribution is 2.28. The standard InChI is InChI=1S/C17H14Cl2N4O2S/c1-9-4-3-5-11(6-9)16-22-23-17(25-16)26-10(2)15(24)21-14-13(19)7-12(18)8-20-14/h3-8,10H,1-2H3,(H,20,21,24)/t10-/m0/s1. The van der Waals surface area contributed by atoms with E-state index in [2.05, 4.69) is 20.5 Å². The van der Waals surface area contributed by atoms with Gasteiger partial charge in [-0.1, -0.05) is 52.7 Å². The number of rotatable bonds is 5. The predicted molar refractivity (Wildman–Crippen MR) is 103 cm³/mol. The molecule has 1 N–H and O–H groups in total. The zero-order chi connectivity index (χ0) is 18.7. The van der Waals surface area contributed by atoms with E-state index in [1.165, 1.54) is 12.3 Å². The Hall–Kier alpha value is -2.09. The molecule has 0 saturated heterocycles. The monoisotopic (exact) mass is 408 g/mol. The molecule has 3 aromatic rings. The van der Waals surface area contributed by atoms with Crippen LogP contribution in [-0.2, 0) is 4.79 Å². The zero-order valence-corrected chi connectivity index (χ0v) is 16.2. The van der Waals surface area contributed by atoms with Crippen molar-refractivity contribution in [1.29, 1.82) is 0 Å². The summed E-state index contributed by atoms with van der Waals surface area (Å²) in [5.41, 5.74) is 1.92. The second-order valence-electron chi connectivity index (χ2n) is 5.48. The number of carbonyl (C=O) groups excluding carboxylic acids is 1. The maximum Gasteiger partial charge on any atom is 0.277 e. The largest absolute Gasteiger partial charge is 0.411 e. The summed E-state index contributed by atoms with van der Waals surface area (Å²) in [5, 5.41) is 11.1. The van der Waals surface area contributed by atoms with E-state index in [1.807, 2.05) is 31.2 Å². The Bertz CT molecular complexity index is 948. The highest BCUT2D eigenvalue weighted by atomic mass is 35.5. The second kappa shape index (κ2) is 8.07. The van der Waals surface area contributed by atoms with E-state index >= 15 is 0 Å². The van der Waals surface area contributed by atoms with E-state index in [9.17, 15) is 4.79 Å². The molecule has 6 nitrogen and oxygen atoms in total. The number of benzene rings is 1. The van der Waals surface area contributed by atoms with Crippen LogP contribution >= 0.6 is 35.0 Å². The minimum Gasteiger partial charge on any atom is -0.411 e. The molecule has 0 saturated carbocycles. The number of carbonyl (C=O) groups is 1. The fourth-order valence-electron chi connectivity index (χ4n) is 2.08. The summed E-state index contributed by atoms with van der Waals surface area (Å²) in [4.78, 5) is 16.3. The van der Waals surface area contributed by atoms with Gasteiger partial charge in [-0.2, -0.15) is 0 Å². The Kier molecular flexibility index (Phi) is 5.80. The molecule has 0 fully saturated rings. The smallest absolute Gasteiger partial charge is 0.277 e. The van der Waals surface area contributed by atoms with Crippen molar-refractivity contribution < 1.29 is 9.21 Å². The van der Waals surface area contributed by atoms with Gasteiger partial charge in [0.25, 0.3) is 5.22 Å². The summed E-state index contributed by atoms with van der Waals surface area (Å²) < 4.78 is 5.64. The Morgan fingerprint density at radius 2 is 2.08 bits per heavy atom. The lowest BCUT2D eigenvalue weighted by Gasteiger charge is -2.10. The second-order valence-corrected chi connectivity index (χ2v) is 7.61. The molecule has 9 heteroatoms. The van der Waals surface area contributed by atoms with Crippen LogP contribution in [0.5, 0.6) is 0 Å². The highest BCUT2D eigenvalue weighted by Gasteiger charge is 2.20. The van der Waals surface area contributed by atoms with Crippen LogP contribution in [0.1, 0.15) is 12.5 Å². The van der Waals surface area contributed by atoms with Crippen LogP contribution in [0.4, 0.5) is 5.82 Å². The number of hydrogen-bond donors (Lipinski definition) is 1. The molecule has 1 aromatic carbocycles. The van der Waals surface area contributed by atoms with Crippen LogP contribution in [0.3, 0.4) is 0 Å². The van der Waals surface area contributed by atoms with Gasteiger partial charge >= 0.3 is 0 Å². The number of hydrogen-bond acceptors (Lipinski definition) is 6. The number of thioether (sulfide) groups is 1. The number of anilines is 1. The third-order valence-electron chi connectivity index (χ3n) is 3.37. The van der Waals surface area contributed by atoms with Gasteiger partial charge in [0.1, 0.15) is 0 Å². The molecule has 134 valence electrons. The molecule has 1 atom stereocenters. The van der Waals surface area contributed by atoms with E-state index in [0.29, 0.717) is 16.1 Å². The van der Waals surface area contributed by atoms with Gasteiger partial charge in [0, 0.05) is 11.8 Å². The quantitative estimate of drug-likeness (QED) is 0.606. The van der Waals surface area contributed by atoms with Crippen LogP contribution < -0.4 is 5.32 Å². The van der Waals surface area contributed by atoms with Gasteiger partial charge in [-0.15, -0.1) is 10.2 Å².